The van der Waals surface area contributed by atoms with Crippen molar-refractivity contribution in [1.82, 2.24) is 0 Å². The van der Waals surface area contributed by atoms with E-state index < -0.39 is 11.9 Å². The molecule has 0 heterocycles. The normalized spacial score (nSPS) is 12.3. The van der Waals surface area contributed by atoms with Crippen molar-refractivity contribution in [2.24, 2.45) is 5.73 Å². The fourth-order valence-corrected chi connectivity index (χ4v) is 1.19. The number of hydrogen-bond acceptors (Lipinski definition) is 2. The number of carbonyl (C=O) groups excluding carboxylic acids is 1. The molecule has 0 bridgehead atoms. The maximum atomic E-state index is 13.3. The minimum absolute atomic E-state index is 0.214. The van der Waals surface area contributed by atoms with Crippen LogP contribution in [0.4, 0.5) is 10.1 Å². The van der Waals surface area contributed by atoms with Crippen LogP contribution in [-0.4, -0.2) is 11.9 Å². The predicted molar refractivity (Wildman–Crippen MR) is 58.0 cm³/mol. The van der Waals surface area contributed by atoms with Gasteiger partial charge in [0.15, 0.2) is 0 Å². The van der Waals surface area contributed by atoms with E-state index in [2.05, 4.69) is 5.32 Å². The summed E-state index contributed by atoms with van der Waals surface area (Å²) in [5.41, 5.74) is 6.43. The minimum atomic E-state index is -0.594. The molecule has 82 valence electrons. The molecule has 0 saturated heterocycles. The van der Waals surface area contributed by atoms with Crippen molar-refractivity contribution in [1.29, 1.82) is 0 Å². The number of halogens is 1. The van der Waals surface area contributed by atoms with Gasteiger partial charge in [-0.05, 0) is 25.0 Å². The number of hydrogen-bond donors (Lipinski definition) is 2. The zero-order valence-corrected chi connectivity index (χ0v) is 8.88. The first kappa shape index (κ1) is 11.7. The van der Waals surface area contributed by atoms with Crippen LogP contribution in [0.15, 0.2) is 18.2 Å². The topological polar surface area (TPSA) is 55.1 Å². The molecule has 0 aliphatic heterocycles. The highest BCUT2D eigenvalue weighted by Gasteiger charge is 2.14. The lowest BCUT2D eigenvalue weighted by Gasteiger charge is -2.12. The molecule has 1 unspecified atom stereocenters. The molecule has 0 saturated carbocycles. The molecular weight excluding hydrogens is 195 g/mol. The van der Waals surface area contributed by atoms with Crippen LogP contribution < -0.4 is 11.1 Å². The zero-order valence-electron chi connectivity index (χ0n) is 8.88. The van der Waals surface area contributed by atoms with Crippen LogP contribution in [-0.2, 0) is 4.79 Å². The average molecular weight is 210 g/mol. The van der Waals surface area contributed by atoms with E-state index in [0.717, 1.165) is 0 Å². The number of nitrogens with two attached hydrogens (primary N) is 1. The Morgan fingerprint density at radius 1 is 1.60 bits per heavy atom. The van der Waals surface area contributed by atoms with Gasteiger partial charge in [-0.15, -0.1) is 0 Å². The first-order valence-electron chi connectivity index (χ1n) is 4.87. The van der Waals surface area contributed by atoms with Gasteiger partial charge in [0.25, 0.3) is 0 Å². The summed E-state index contributed by atoms with van der Waals surface area (Å²) in [6.45, 7) is 3.54. The number of para-hydroxylation sites is 1. The summed E-state index contributed by atoms with van der Waals surface area (Å²) in [4.78, 5) is 11.4. The Kier molecular flexibility index (Phi) is 3.80. The lowest BCUT2D eigenvalue weighted by atomic mass is 10.1. The van der Waals surface area contributed by atoms with E-state index in [-0.39, 0.29) is 11.6 Å². The van der Waals surface area contributed by atoms with Gasteiger partial charge in [0.1, 0.15) is 5.82 Å². The molecule has 0 spiro atoms. The van der Waals surface area contributed by atoms with Crippen molar-refractivity contribution in [3.8, 4) is 0 Å². The van der Waals surface area contributed by atoms with Gasteiger partial charge in [0.05, 0.1) is 11.7 Å². The standard InChI is InChI=1S/C11H15FN2O/c1-3-9(13)11(15)14-10-7(2)5-4-6-8(10)12/h4-6,9H,3,13H2,1-2H3,(H,14,15). The van der Waals surface area contributed by atoms with Gasteiger partial charge < -0.3 is 11.1 Å². The number of rotatable bonds is 3. The van der Waals surface area contributed by atoms with E-state index in [4.69, 9.17) is 5.73 Å². The SMILES string of the molecule is CCC(N)C(=O)Nc1c(C)cccc1F. The molecule has 15 heavy (non-hydrogen) atoms. The molecule has 0 aliphatic rings. The molecule has 0 aromatic heterocycles. The second-order valence-corrected chi connectivity index (χ2v) is 3.44. The van der Waals surface area contributed by atoms with Gasteiger partial charge in [-0.2, -0.15) is 0 Å². The summed E-state index contributed by atoms with van der Waals surface area (Å²) in [5.74, 6) is -0.794. The maximum absolute atomic E-state index is 13.3. The Hall–Kier alpha value is -1.42. The quantitative estimate of drug-likeness (QED) is 0.799. The molecule has 1 rings (SSSR count). The Morgan fingerprint density at radius 3 is 2.80 bits per heavy atom. The van der Waals surface area contributed by atoms with Gasteiger partial charge >= 0.3 is 0 Å². The van der Waals surface area contributed by atoms with Gasteiger partial charge in [0, 0.05) is 0 Å². The lowest BCUT2D eigenvalue weighted by Crippen LogP contribution is -2.35. The molecule has 0 fully saturated rings. The van der Waals surface area contributed by atoms with Crippen molar-refractivity contribution in [2.45, 2.75) is 26.3 Å². The van der Waals surface area contributed by atoms with Crippen LogP contribution in [0.3, 0.4) is 0 Å². The zero-order chi connectivity index (χ0) is 11.4. The fourth-order valence-electron chi connectivity index (χ4n) is 1.19. The van der Waals surface area contributed by atoms with Crippen LogP contribution >= 0.6 is 0 Å². The van der Waals surface area contributed by atoms with Crippen LogP contribution in [0.1, 0.15) is 18.9 Å². The molecule has 0 radical (unpaired) electrons. The third-order valence-corrected chi connectivity index (χ3v) is 2.25. The van der Waals surface area contributed by atoms with Crippen LogP contribution in [0.2, 0.25) is 0 Å². The second-order valence-electron chi connectivity index (χ2n) is 3.44. The van der Waals surface area contributed by atoms with Gasteiger partial charge in [-0.25, -0.2) is 4.39 Å². The van der Waals surface area contributed by atoms with Gasteiger partial charge in [0.2, 0.25) is 5.91 Å². The lowest BCUT2D eigenvalue weighted by molar-refractivity contribution is -0.117. The van der Waals surface area contributed by atoms with Crippen molar-refractivity contribution < 1.29 is 9.18 Å². The molecule has 4 heteroatoms. The number of carbonyl (C=O) groups is 1. The number of benzene rings is 1. The van der Waals surface area contributed by atoms with E-state index in [9.17, 15) is 9.18 Å². The second kappa shape index (κ2) is 4.89. The van der Waals surface area contributed by atoms with Crippen LogP contribution in [0.5, 0.6) is 0 Å². The smallest absolute Gasteiger partial charge is 0.241 e. The van der Waals surface area contributed by atoms with E-state index in [0.29, 0.717) is 12.0 Å². The van der Waals surface area contributed by atoms with Crippen LogP contribution in [0, 0.1) is 12.7 Å². The number of amides is 1. The third kappa shape index (κ3) is 2.76. The Balaban J connectivity index is 2.85. The molecule has 0 aliphatic carbocycles. The Bertz CT molecular complexity index is 345. The number of anilines is 1. The predicted octanol–water partition coefficient (Wildman–Crippen LogP) is 1.81. The van der Waals surface area contributed by atoms with E-state index in [1.165, 1.54) is 6.07 Å². The summed E-state index contributed by atoms with van der Waals surface area (Å²) in [6.07, 6.45) is 0.527. The number of nitrogens with one attached hydrogen (secondary N) is 1. The highest BCUT2D eigenvalue weighted by Crippen LogP contribution is 2.18. The highest BCUT2D eigenvalue weighted by molar-refractivity contribution is 5.95. The highest BCUT2D eigenvalue weighted by atomic mass is 19.1. The van der Waals surface area contributed by atoms with E-state index >= 15 is 0 Å². The largest absolute Gasteiger partial charge is 0.322 e. The fraction of sp³-hybridized carbons (Fsp3) is 0.364. The monoisotopic (exact) mass is 210 g/mol. The summed E-state index contributed by atoms with van der Waals surface area (Å²) in [6, 6.07) is 4.04. The van der Waals surface area contributed by atoms with Crippen molar-refractivity contribution in [3.63, 3.8) is 0 Å². The Labute approximate surface area is 88.5 Å². The minimum Gasteiger partial charge on any atom is -0.322 e. The summed E-state index contributed by atoms with van der Waals surface area (Å²) >= 11 is 0. The average Bonchev–Trinajstić information content (AvgIpc) is 2.22. The number of aryl methyl sites for hydroxylation is 1. The van der Waals surface area contributed by atoms with E-state index in [1.54, 1.807) is 26.0 Å². The third-order valence-electron chi connectivity index (χ3n) is 2.25. The maximum Gasteiger partial charge on any atom is 0.241 e. The van der Waals surface area contributed by atoms with Crippen molar-refractivity contribution in [2.75, 3.05) is 5.32 Å². The summed E-state index contributed by atoms with van der Waals surface area (Å²) in [5, 5.41) is 2.49. The molecule has 1 amide bonds. The molecule has 3 nitrogen and oxygen atoms in total. The molecule has 1 aromatic carbocycles. The molecule has 1 atom stereocenters. The van der Waals surface area contributed by atoms with Gasteiger partial charge in [-0.3, -0.25) is 4.79 Å². The van der Waals surface area contributed by atoms with Crippen molar-refractivity contribution in [3.05, 3.63) is 29.6 Å². The molecule has 1 aromatic rings. The summed E-state index contributed by atoms with van der Waals surface area (Å²) < 4.78 is 13.3. The van der Waals surface area contributed by atoms with Crippen molar-refractivity contribution >= 4 is 11.6 Å². The van der Waals surface area contributed by atoms with Gasteiger partial charge in [-0.1, -0.05) is 19.1 Å². The molecular formula is C11H15FN2O. The molecule has 3 N–H and O–H groups in total. The Morgan fingerprint density at radius 2 is 2.27 bits per heavy atom. The first-order chi connectivity index (χ1) is 7.06. The van der Waals surface area contributed by atoms with E-state index in [1.807, 2.05) is 0 Å². The summed E-state index contributed by atoms with van der Waals surface area (Å²) in [7, 11) is 0. The first-order valence-corrected chi connectivity index (χ1v) is 4.87. The van der Waals surface area contributed by atoms with Crippen LogP contribution in [0.25, 0.3) is 0 Å².